The maximum absolute atomic E-state index is 12.9. The zero-order chi connectivity index (χ0) is 37.4. The molecule has 6 N–H and O–H groups in total. The van der Waals surface area contributed by atoms with Gasteiger partial charge in [-0.05, 0) is 12.8 Å². The van der Waals surface area contributed by atoms with Crippen molar-refractivity contribution in [3.05, 3.63) is 0 Å². The van der Waals surface area contributed by atoms with Gasteiger partial charge < -0.3 is 40.3 Å². The summed E-state index contributed by atoms with van der Waals surface area (Å²) in [7, 11) is 0. The Morgan fingerprint density at radius 3 is 1.39 bits per heavy atom. The molecule has 0 aromatic heterocycles. The minimum absolute atomic E-state index is 0.133. The van der Waals surface area contributed by atoms with Crippen molar-refractivity contribution in [2.24, 2.45) is 0 Å². The van der Waals surface area contributed by atoms with E-state index in [2.05, 4.69) is 19.2 Å². The summed E-state index contributed by atoms with van der Waals surface area (Å²) in [6, 6.07) is -0.709. The Morgan fingerprint density at radius 2 is 0.980 bits per heavy atom. The van der Waals surface area contributed by atoms with E-state index in [1.165, 1.54) is 141 Å². The molecule has 7 unspecified atom stereocenters. The number of ether oxygens (including phenoxy) is 2. The van der Waals surface area contributed by atoms with Crippen molar-refractivity contribution in [1.82, 2.24) is 5.32 Å². The fourth-order valence-electron chi connectivity index (χ4n) is 7.16. The molecule has 1 fully saturated rings. The summed E-state index contributed by atoms with van der Waals surface area (Å²) in [6.07, 6.45) is 28.4. The first-order valence-corrected chi connectivity index (χ1v) is 21.7. The normalized spacial score (nSPS) is 21.9. The second kappa shape index (κ2) is 33.7. The Balaban J connectivity index is 2.24. The Kier molecular flexibility index (Phi) is 31.9. The quantitative estimate of drug-likeness (QED) is 0.0353. The summed E-state index contributed by atoms with van der Waals surface area (Å²) in [5, 5.41) is 54.0. The number of unbranched alkanes of at least 4 members (excludes halogenated alkanes) is 26. The number of carbonyl (C=O) groups is 1. The van der Waals surface area contributed by atoms with Gasteiger partial charge >= 0.3 is 0 Å². The monoisotopic (exact) mass is 730 g/mol. The summed E-state index contributed by atoms with van der Waals surface area (Å²) in [5.41, 5.74) is 0. The molecule has 7 atom stereocenters. The average molecular weight is 730 g/mol. The molecule has 1 rings (SSSR count). The van der Waals surface area contributed by atoms with Crippen LogP contribution < -0.4 is 5.32 Å². The van der Waals surface area contributed by atoms with Crippen LogP contribution in [0.1, 0.15) is 206 Å². The molecule has 0 bridgehead atoms. The van der Waals surface area contributed by atoms with Crippen LogP contribution in [0, 0.1) is 0 Å². The Labute approximate surface area is 313 Å². The van der Waals surface area contributed by atoms with Gasteiger partial charge in [0.2, 0.25) is 5.91 Å². The summed E-state index contributed by atoms with van der Waals surface area (Å²) in [6.45, 7) is 3.80. The van der Waals surface area contributed by atoms with E-state index in [-0.39, 0.29) is 12.5 Å². The minimum Gasteiger partial charge on any atom is -0.394 e. The van der Waals surface area contributed by atoms with Gasteiger partial charge in [-0.1, -0.05) is 187 Å². The summed E-state index contributed by atoms with van der Waals surface area (Å²) < 4.78 is 11.2. The smallest absolute Gasteiger partial charge is 0.220 e. The van der Waals surface area contributed by atoms with Crippen molar-refractivity contribution in [2.45, 2.75) is 249 Å². The van der Waals surface area contributed by atoms with E-state index in [1.807, 2.05) is 0 Å². The highest BCUT2D eigenvalue weighted by Gasteiger charge is 2.44. The van der Waals surface area contributed by atoms with Crippen LogP contribution in [0.4, 0.5) is 0 Å². The third kappa shape index (κ3) is 25.0. The van der Waals surface area contributed by atoms with Gasteiger partial charge in [-0.15, -0.1) is 0 Å². The number of aliphatic hydroxyl groups excluding tert-OH is 5. The van der Waals surface area contributed by atoms with Gasteiger partial charge in [0.1, 0.15) is 24.4 Å². The van der Waals surface area contributed by atoms with Crippen LogP contribution in [0.5, 0.6) is 0 Å². The number of hydrogen-bond donors (Lipinski definition) is 6. The van der Waals surface area contributed by atoms with Gasteiger partial charge in [0.05, 0.1) is 25.4 Å². The van der Waals surface area contributed by atoms with Gasteiger partial charge in [0.15, 0.2) is 6.29 Å². The van der Waals surface area contributed by atoms with Gasteiger partial charge in [0.25, 0.3) is 0 Å². The lowest BCUT2D eigenvalue weighted by atomic mass is 9.99. The van der Waals surface area contributed by atoms with Gasteiger partial charge in [-0.2, -0.15) is 0 Å². The molecule has 0 aromatic rings. The van der Waals surface area contributed by atoms with Gasteiger partial charge in [-0.3, -0.25) is 4.79 Å². The molecular weight excluding hydrogens is 646 g/mol. The third-order valence-corrected chi connectivity index (χ3v) is 10.7. The molecule has 9 heteroatoms. The Hall–Kier alpha value is -0.810. The lowest BCUT2D eigenvalue weighted by molar-refractivity contribution is -0.302. The highest BCUT2D eigenvalue weighted by Crippen LogP contribution is 2.23. The molecule has 1 saturated heterocycles. The lowest BCUT2D eigenvalue weighted by Gasteiger charge is -2.40. The molecule has 1 heterocycles. The summed E-state index contributed by atoms with van der Waals surface area (Å²) in [5.74, 6) is -0.144. The SMILES string of the molecule is CCCCCCCCCCCCCCCCCCCCCCC(=O)NC(COC1OC(CO)C(O)C(O)C1O)C(O)CCCCCCCCCC. The first-order chi connectivity index (χ1) is 24.8. The number of rotatable bonds is 36. The van der Waals surface area contributed by atoms with E-state index in [0.717, 1.165) is 38.5 Å². The second-order valence-corrected chi connectivity index (χ2v) is 15.5. The van der Waals surface area contributed by atoms with Gasteiger partial charge in [0, 0.05) is 6.42 Å². The van der Waals surface area contributed by atoms with E-state index in [9.17, 15) is 30.3 Å². The van der Waals surface area contributed by atoms with E-state index in [4.69, 9.17) is 9.47 Å². The Bertz CT molecular complexity index is 771. The van der Waals surface area contributed by atoms with Crippen molar-refractivity contribution >= 4 is 5.91 Å². The first kappa shape index (κ1) is 48.2. The number of nitrogens with one attached hydrogen (secondary N) is 1. The Morgan fingerprint density at radius 1 is 0.588 bits per heavy atom. The zero-order valence-electron chi connectivity index (χ0n) is 33.1. The van der Waals surface area contributed by atoms with Crippen LogP contribution in [0.15, 0.2) is 0 Å². The molecule has 0 spiro atoms. The number of aliphatic hydroxyl groups is 5. The second-order valence-electron chi connectivity index (χ2n) is 15.5. The highest BCUT2D eigenvalue weighted by molar-refractivity contribution is 5.76. The van der Waals surface area contributed by atoms with Crippen LogP contribution >= 0.6 is 0 Å². The summed E-state index contributed by atoms with van der Waals surface area (Å²) >= 11 is 0. The van der Waals surface area contributed by atoms with Crippen LogP contribution in [-0.4, -0.2) is 87.5 Å². The third-order valence-electron chi connectivity index (χ3n) is 10.7. The molecule has 0 aromatic carbocycles. The molecule has 304 valence electrons. The fraction of sp³-hybridized carbons (Fsp3) is 0.976. The molecule has 1 aliphatic heterocycles. The fourth-order valence-corrected chi connectivity index (χ4v) is 7.16. The van der Waals surface area contributed by atoms with Crippen molar-refractivity contribution in [2.75, 3.05) is 13.2 Å². The van der Waals surface area contributed by atoms with Crippen molar-refractivity contribution in [3.8, 4) is 0 Å². The van der Waals surface area contributed by atoms with E-state index >= 15 is 0 Å². The van der Waals surface area contributed by atoms with Crippen molar-refractivity contribution < 1.29 is 39.8 Å². The minimum atomic E-state index is -1.55. The van der Waals surface area contributed by atoms with Crippen LogP contribution in [-0.2, 0) is 14.3 Å². The van der Waals surface area contributed by atoms with Crippen LogP contribution in [0.25, 0.3) is 0 Å². The predicted molar refractivity (Wildman–Crippen MR) is 208 cm³/mol. The van der Waals surface area contributed by atoms with Crippen LogP contribution in [0.2, 0.25) is 0 Å². The first-order valence-electron chi connectivity index (χ1n) is 21.7. The largest absolute Gasteiger partial charge is 0.394 e. The van der Waals surface area contributed by atoms with Crippen molar-refractivity contribution in [3.63, 3.8) is 0 Å². The van der Waals surface area contributed by atoms with E-state index in [0.29, 0.717) is 12.8 Å². The molecule has 51 heavy (non-hydrogen) atoms. The van der Waals surface area contributed by atoms with E-state index < -0.39 is 49.5 Å². The maximum atomic E-state index is 12.9. The molecule has 1 aliphatic rings. The maximum Gasteiger partial charge on any atom is 0.220 e. The molecule has 0 saturated carbocycles. The molecule has 0 aliphatic carbocycles. The zero-order valence-corrected chi connectivity index (χ0v) is 33.1. The standard InChI is InChI=1S/C42H83NO8/c1-3-5-7-9-11-13-14-15-16-17-18-19-20-21-22-23-24-26-28-30-32-38(46)43-35(36(45)31-29-27-25-12-10-8-6-4-2)34-50-42-41(49)40(48)39(47)37(33-44)51-42/h35-37,39-42,44-45,47-49H,3-34H2,1-2H3,(H,43,46). The highest BCUT2D eigenvalue weighted by atomic mass is 16.7. The molecule has 9 nitrogen and oxygen atoms in total. The topological polar surface area (TPSA) is 149 Å². The predicted octanol–water partition coefficient (Wildman–Crippen LogP) is 8.39. The number of hydrogen-bond acceptors (Lipinski definition) is 8. The number of amides is 1. The molecular formula is C42H83NO8. The average Bonchev–Trinajstić information content (AvgIpc) is 3.13. The van der Waals surface area contributed by atoms with Crippen LogP contribution in [0.3, 0.4) is 0 Å². The van der Waals surface area contributed by atoms with Gasteiger partial charge in [-0.25, -0.2) is 0 Å². The molecule has 0 radical (unpaired) electrons. The lowest BCUT2D eigenvalue weighted by Crippen LogP contribution is -2.60. The summed E-state index contributed by atoms with van der Waals surface area (Å²) in [4.78, 5) is 12.9. The van der Waals surface area contributed by atoms with E-state index in [1.54, 1.807) is 0 Å². The number of carbonyl (C=O) groups excluding carboxylic acids is 1. The molecule has 1 amide bonds. The van der Waals surface area contributed by atoms with Crippen molar-refractivity contribution in [1.29, 1.82) is 0 Å².